The highest BCUT2D eigenvalue weighted by Gasteiger charge is 2.23. The molecule has 2 N–H and O–H groups in total. The summed E-state index contributed by atoms with van der Waals surface area (Å²) < 4.78 is 0. The van der Waals surface area contributed by atoms with Gasteiger partial charge >= 0.3 is 0 Å². The number of H-pyrrole nitrogens is 1. The molecule has 1 fully saturated rings. The quantitative estimate of drug-likeness (QED) is 0.870. The molecule has 1 amide bonds. The molecule has 110 valence electrons. The van der Waals surface area contributed by atoms with Crippen molar-refractivity contribution in [2.24, 2.45) is 5.92 Å². The van der Waals surface area contributed by atoms with Crippen LogP contribution in [0.25, 0.3) is 0 Å². The van der Waals surface area contributed by atoms with Gasteiger partial charge < -0.3 is 15.2 Å². The van der Waals surface area contributed by atoms with Gasteiger partial charge in [0.15, 0.2) is 0 Å². The van der Waals surface area contributed by atoms with E-state index in [2.05, 4.69) is 10.3 Å². The molecule has 0 spiro atoms. The van der Waals surface area contributed by atoms with E-state index in [-0.39, 0.29) is 17.5 Å². The molecular weight excluding hydrogens is 254 g/mol. The van der Waals surface area contributed by atoms with E-state index < -0.39 is 0 Å². The first kappa shape index (κ1) is 14.8. The monoisotopic (exact) mass is 277 g/mol. The normalized spacial score (nSPS) is 19.1. The van der Waals surface area contributed by atoms with Gasteiger partial charge in [-0.3, -0.25) is 9.59 Å². The fourth-order valence-electron chi connectivity index (χ4n) is 2.63. The number of carbonyl (C=O) groups is 1. The number of nitrogens with zero attached hydrogens (tertiary/aromatic N) is 1. The van der Waals surface area contributed by atoms with Gasteiger partial charge in [0.2, 0.25) is 5.56 Å². The number of hydrogen-bond acceptors (Lipinski definition) is 3. The van der Waals surface area contributed by atoms with Crippen molar-refractivity contribution in [1.82, 2.24) is 15.2 Å². The summed E-state index contributed by atoms with van der Waals surface area (Å²) in [6.07, 6.45) is 3.84. The third kappa shape index (κ3) is 3.70. The average Bonchev–Trinajstić information content (AvgIpc) is 2.45. The molecule has 2 heterocycles. The number of pyridine rings is 1. The zero-order valence-electron chi connectivity index (χ0n) is 12.2. The molecule has 5 heteroatoms. The van der Waals surface area contributed by atoms with Gasteiger partial charge in [-0.1, -0.05) is 0 Å². The van der Waals surface area contributed by atoms with E-state index >= 15 is 0 Å². The minimum atomic E-state index is -0.237. The molecule has 0 radical (unpaired) electrons. The number of rotatable bonds is 4. The second-order valence-corrected chi connectivity index (χ2v) is 5.71. The van der Waals surface area contributed by atoms with Gasteiger partial charge in [-0.2, -0.15) is 0 Å². The number of aromatic amines is 1. The molecule has 1 unspecified atom stereocenters. The number of amides is 1. The highest BCUT2D eigenvalue weighted by Crippen LogP contribution is 2.15. The standard InChI is InChI=1S/C15H23N3O2/c1-11(2)18(10-12-4-3-6-16-9-12)15(20)13-5-7-17-14(19)8-13/h5,7-8,11-12,16H,3-4,6,9-10H2,1-2H3,(H,17,19). The zero-order chi connectivity index (χ0) is 14.5. The van der Waals surface area contributed by atoms with Crippen LogP contribution < -0.4 is 10.9 Å². The molecule has 0 bridgehead atoms. The molecule has 1 aromatic heterocycles. The lowest BCUT2D eigenvalue weighted by molar-refractivity contribution is 0.0660. The van der Waals surface area contributed by atoms with Crippen molar-refractivity contribution in [3.05, 3.63) is 34.2 Å². The van der Waals surface area contributed by atoms with Crippen LogP contribution in [0.1, 0.15) is 37.0 Å². The molecule has 0 aromatic carbocycles. The smallest absolute Gasteiger partial charge is 0.254 e. The SMILES string of the molecule is CC(C)N(CC1CCCNC1)C(=O)c1cc[nH]c(=O)c1. The third-order valence-electron chi connectivity index (χ3n) is 3.76. The predicted molar refractivity (Wildman–Crippen MR) is 78.8 cm³/mol. The highest BCUT2D eigenvalue weighted by atomic mass is 16.2. The van der Waals surface area contributed by atoms with E-state index in [1.54, 1.807) is 6.07 Å². The Morgan fingerprint density at radius 3 is 2.90 bits per heavy atom. The van der Waals surface area contributed by atoms with E-state index in [1.807, 2.05) is 18.7 Å². The fraction of sp³-hybridized carbons (Fsp3) is 0.600. The maximum absolute atomic E-state index is 12.6. The third-order valence-corrected chi connectivity index (χ3v) is 3.76. The van der Waals surface area contributed by atoms with Gasteiger partial charge in [0.1, 0.15) is 0 Å². The molecule has 5 nitrogen and oxygen atoms in total. The number of carbonyl (C=O) groups excluding carboxylic acids is 1. The van der Waals surface area contributed by atoms with Crippen LogP contribution in [0.15, 0.2) is 23.1 Å². The first-order chi connectivity index (χ1) is 9.58. The van der Waals surface area contributed by atoms with E-state index in [9.17, 15) is 9.59 Å². The Balaban J connectivity index is 2.11. The summed E-state index contributed by atoms with van der Waals surface area (Å²) >= 11 is 0. The van der Waals surface area contributed by atoms with Gasteiger partial charge in [-0.05, 0) is 51.8 Å². The zero-order valence-corrected chi connectivity index (χ0v) is 12.2. The average molecular weight is 277 g/mol. The molecule has 1 aliphatic heterocycles. The summed E-state index contributed by atoms with van der Waals surface area (Å²) in [6, 6.07) is 3.17. The van der Waals surface area contributed by atoms with Gasteiger partial charge in [0.05, 0.1) is 0 Å². The second-order valence-electron chi connectivity index (χ2n) is 5.71. The Kier molecular flexibility index (Phi) is 4.95. The molecule has 1 aromatic rings. The maximum atomic E-state index is 12.6. The van der Waals surface area contributed by atoms with Gasteiger partial charge in [0.25, 0.3) is 5.91 Å². The Hall–Kier alpha value is -1.62. The summed E-state index contributed by atoms with van der Waals surface area (Å²) in [5.41, 5.74) is 0.227. The Morgan fingerprint density at radius 1 is 1.50 bits per heavy atom. The lowest BCUT2D eigenvalue weighted by Crippen LogP contribution is -2.44. The number of hydrogen-bond donors (Lipinski definition) is 2. The summed E-state index contributed by atoms with van der Waals surface area (Å²) in [6.45, 7) is 6.81. The lowest BCUT2D eigenvalue weighted by atomic mass is 9.98. The first-order valence-corrected chi connectivity index (χ1v) is 7.28. The van der Waals surface area contributed by atoms with Crippen LogP contribution in [0, 0.1) is 5.92 Å². The molecule has 1 aliphatic rings. The molecule has 1 atom stereocenters. The van der Waals surface area contributed by atoms with E-state index in [0.29, 0.717) is 11.5 Å². The van der Waals surface area contributed by atoms with Crippen molar-refractivity contribution in [1.29, 1.82) is 0 Å². The molecule has 2 rings (SSSR count). The Bertz CT molecular complexity index is 504. The lowest BCUT2D eigenvalue weighted by Gasteiger charge is -2.33. The minimum absolute atomic E-state index is 0.0586. The van der Waals surface area contributed by atoms with Crippen molar-refractivity contribution in [2.45, 2.75) is 32.7 Å². The van der Waals surface area contributed by atoms with Crippen molar-refractivity contribution in [3.8, 4) is 0 Å². The van der Waals surface area contributed by atoms with Gasteiger partial charge in [0, 0.05) is 30.4 Å². The molecule has 0 saturated carbocycles. The van der Waals surface area contributed by atoms with Crippen LogP contribution in [0.2, 0.25) is 0 Å². The molecule has 1 saturated heterocycles. The van der Waals surface area contributed by atoms with Crippen molar-refractivity contribution in [3.63, 3.8) is 0 Å². The van der Waals surface area contributed by atoms with E-state index in [0.717, 1.165) is 32.5 Å². The van der Waals surface area contributed by atoms with Crippen LogP contribution in [0.4, 0.5) is 0 Å². The van der Waals surface area contributed by atoms with Crippen LogP contribution in [-0.4, -0.2) is 41.5 Å². The Morgan fingerprint density at radius 2 is 2.30 bits per heavy atom. The number of aromatic nitrogens is 1. The van der Waals surface area contributed by atoms with Crippen molar-refractivity contribution >= 4 is 5.91 Å². The second kappa shape index (κ2) is 6.70. The minimum Gasteiger partial charge on any atom is -0.336 e. The Labute approximate surface area is 119 Å². The van der Waals surface area contributed by atoms with Gasteiger partial charge in [-0.25, -0.2) is 0 Å². The molecule has 0 aliphatic carbocycles. The van der Waals surface area contributed by atoms with Crippen LogP contribution in [0.5, 0.6) is 0 Å². The predicted octanol–water partition coefficient (Wildman–Crippen LogP) is 1.23. The number of nitrogens with one attached hydrogen (secondary N) is 2. The molecular formula is C15H23N3O2. The summed E-state index contributed by atoms with van der Waals surface area (Å²) in [5, 5.41) is 3.37. The highest BCUT2D eigenvalue weighted by molar-refractivity contribution is 5.94. The fourth-order valence-corrected chi connectivity index (χ4v) is 2.63. The summed E-state index contributed by atoms with van der Waals surface area (Å²) in [7, 11) is 0. The largest absolute Gasteiger partial charge is 0.336 e. The van der Waals surface area contributed by atoms with Crippen LogP contribution in [-0.2, 0) is 0 Å². The topological polar surface area (TPSA) is 65.2 Å². The number of piperidine rings is 1. The van der Waals surface area contributed by atoms with Crippen molar-refractivity contribution < 1.29 is 4.79 Å². The van der Waals surface area contributed by atoms with E-state index in [1.165, 1.54) is 12.3 Å². The van der Waals surface area contributed by atoms with E-state index in [4.69, 9.17) is 0 Å². The van der Waals surface area contributed by atoms with Crippen LogP contribution >= 0.6 is 0 Å². The van der Waals surface area contributed by atoms with Gasteiger partial charge in [-0.15, -0.1) is 0 Å². The summed E-state index contributed by atoms with van der Waals surface area (Å²) in [5.74, 6) is 0.439. The summed E-state index contributed by atoms with van der Waals surface area (Å²) in [4.78, 5) is 28.3. The first-order valence-electron chi connectivity index (χ1n) is 7.28. The maximum Gasteiger partial charge on any atom is 0.254 e. The van der Waals surface area contributed by atoms with Crippen LogP contribution in [0.3, 0.4) is 0 Å². The van der Waals surface area contributed by atoms with Crippen molar-refractivity contribution in [2.75, 3.05) is 19.6 Å². The molecule has 20 heavy (non-hydrogen) atoms.